The Balaban J connectivity index is 1.63. The normalized spacial score (nSPS) is 20.1. The van der Waals surface area contributed by atoms with Crippen LogP contribution in [0.2, 0.25) is 0 Å². The number of carbonyl (C=O) groups is 1. The van der Waals surface area contributed by atoms with Crippen LogP contribution in [0.4, 0.5) is 0 Å². The van der Waals surface area contributed by atoms with Gasteiger partial charge >= 0.3 is 0 Å². The molecule has 4 rings (SSSR count). The Morgan fingerprint density at radius 1 is 1.30 bits per heavy atom. The minimum atomic E-state index is -0.194. The van der Waals surface area contributed by atoms with E-state index in [1.807, 2.05) is 6.07 Å². The molecule has 2 aromatic heterocycles. The third kappa shape index (κ3) is 3.39. The van der Waals surface area contributed by atoms with Crippen LogP contribution in [0.1, 0.15) is 60.3 Å². The summed E-state index contributed by atoms with van der Waals surface area (Å²) in [4.78, 5) is 41.6. The van der Waals surface area contributed by atoms with Gasteiger partial charge in [0.2, 0.25) is 0 Å². The van der Waals surface area contributed by atoms with Gasteiger partial charge in [0.15, 0.2) is 0 Å². The second kappa shape index (κ2) is 7.23. The topological polar surface area (TPSA) is 82.2 Å². The fourth-order valence-electron chi connectivity index (χ4n) is 3.99. The quantitative estimate of drug-likeness (QED) is 0.896. The highest BCUT2D eigenvalue weighted by atomic mass is 16.2. The maximum absolute atomic E-state index is 12.9. The van der Waals surface area contributed by atoms with Crippen molar-refractivity contribution < 1.29 is 4.79 Å². The fourth-order valence-corrected chi connectivity index (χ4v) is 3.99. The summed E-state index contributed by atoms with van der Waals surface area (Å²) < 4.78 is 0. The van der Waals surface area contributed by atoms with Gasteiger partial charge in [0.1, 0.15) is 11.5 Å². The minimum Gasteiger partial charge on any atom is -0.327 e. The van der Waals surface area contributed by atoms with E-state index in [4.69, 9.17) is 4.98 Å². The number of carbonyl (C=O) groups excluding carboxylic acids is 1. The van der Waals surface area contributed by atoms with Crippen LogP contribution >= 0.6 is 0 Å². The predicted octanol–water partition coefficient (Wildman–Crippen LogP) is 1.91. The molecular formula is C20H25N5O2. The molecule has 1 atom stereocenters. The number of nitrogens with zero attached hydrogens (tertiary/aromatic N) is 4. The van der Waals surface area contributed by atoms with E-state index in [0.29, 0.717) is 30.6 Å². The number of aromatic amines is 1. The highest BCUT2D eigenvalue weighted by molar-refractivity contribution is 5.92. The summed E-state index contributed by atoms with van der Waals surface area (Å²) in [5.74, 6) is 0.503. The standard InChI is InChI=1S/C20H25N5O2/c1-13(2)24-11-8-15-14(12-24)19(26)23-18(22-15)17-7-5-10-25(17)20(27)16-6-3-4-9-21-16/h3-4,6,9,13,17H,5,7-8,10-12H2,1-2H3,(H,22,23,26). The van der Waals surface area contributed by atoms with E-state index in [0.717, 1.165) is 37.1 Å². The van der Waals surface area contributed by atoms with Crippen LogP contribution in [-0.2, 0) is 13.0 Å². The highest BCUT2D eigenvalue weighted by Gasteiger charge is 2.34. The number of aromatic nitrogens is 3. The Labute approximate surface area is 158 Å². The minimum absolute atomic E-state index is 0.0718. The van der Waals surface area contributed by atoms with E-state index in [1.165, 1.54) is 0 Å². The lowest BCUT2D eigenvalue weighted by molar-refractivity contribution is 0.0723. The monoisotopic (exact) mass is 367 g/mol. The van der Waals surface area contributed by atoms with Gasteiger partial charge in [-0.05, 0) is 38.8 Å². The van der Waals surface area contributed by atoms with Crippen LogP contribution in [0.25, 0.3) is 0 Å². The SMILES string of the molecule is CC(C)N1CCc2nc(C3CCCN3C(=O)c3ccccn3)[nH]c(=O)c2C1. The third-order valence-electron chi connectivity index (χ3n) is 5.56. The van der Waals surface area contributed by atoms with Gasteiger partial charge in [0.05, 0.1) is 17.3 Å². The number of fused-ring (bicyclic) bond motifs is 1. The summed E-state index contributed by atoms with van der Waals surface area (Å²) in [7, 11) is 0. The Bertz CT molecular complexity index is 893. The van der Waals surface area contributed by atoms with Crippen molar-refractivity contribution in [2.24, 2.45) is 0 Å². The summed E-state index contributed by atoms with van der Waals surface area (Å²) in [5, 5.41) is 0. The van der Waals surface area contributed by atoms with Gasteiger partial charge in [-0.2, -0.15) is 0 Å². The zero-order valence-electron chi connectivity index (χ0n) is 15.8. The number of rotatable bonds is 3. The molecule has 0 aromatic carbocycles. The number of hydrogen-bond donors (Lipinski definition) is 1. The number of hydrogen-bond acceptors (Lipinski definition) is 5. The Morgan fingerprint density at radius 3 is 2.89 bits per heavy atom. The third-order valence-corrected chi connectivity index (χ3v) is 5.56. The van der Waals surface area contributed by atoms with Gasteiger partial charge in [-0.15, -0.1) is 0 Å². The van der Waals surface area contributed by atoms with E-state index < -0.39 is 0 Å². The van der Waals surface area contributed by atoms with Crippen molar-refractivity contribution in [1.82, 2.24) is 24.8 Å². The van der Waals surface area contributed by atoms with E-state index in [1.54, 1.807) is 23.2 Å². The van der Waals surface area contributed by atoms with Gasteiger partial charge < -0.3 is 9.88 Å². The molecule has 1 N–H and O–H groups in total. The molecular weight excluding hydrogens is 342 g/mol. The van der Waals surface area contributed by atoms with E-state index in [2.05, 4.69) is 28.7 Å². The average molecular weight is 367 g/mol. The van der Waals surface area contributed by atoms with Crippen LogP contribution in [0.15, 0.2) is 29.2 Å². The van der Waals surface area contributed by atoms with Gasteiger partial charge in [-0.25, -0.2) is 4.98 Å². The lowest BCUT2D eigenvalue weighted by Crippen LogP contribution is -2.40. The van der Waals surface area contributed by atoms with Crippen molar-refractivity contribution in [2.75, 3.05) is 13.1 Å². The molecule has 1 amide bonds. The van der Waals surface area contributed by atoms with Crippen LogP contribution in [0.5, 0.6) is 0 Å². The fraction of sp³-hybridized carbons (Fsp3) is 0.500. The molecule has 2 aliphatic heterocycles. The summed E-state index contributed by atoms with van der Waals surface area (Å²) in [5.41, 5.74) is 2.00. The number of H-pyrrole nitrogens is 1. The molecule has 4 heterocycles. The van der Waals surface area contributed by atoms with Crippen LogP contribution in [-0.4, -0.2) is 49.8 Å². The molecule has 2 aliphatic rings. The molecule has 1 unspecified atom stereocenters. The second-order valence-electron chi connectivity index (χ2n) is 7.56. The zero-order chi connectivity index (χ0) is 19.0. The molecule has 2 aromatic rings. The lowest BCUT2D eigenvalue weighted by Gasteiger charge is -2.31. The Hall–Kier alpha value is -2.54. The lowest BCUT2D eigenvalue weighted by atomic mass is 10.0. The first-order chi connectivity index (χ1) is 13.0. The number of nitrogens with one attached hydrogen (secondary N) is 1. The Morgan fingerprint density at radius 2 is 2.15 bits per heavy atom. The molecule has 27 heavy (non-hydrogen) atoms. The summed E-state index contributed by atoms with van der Waals surface area (Å²) in [6, 6.07) is 5.53. The Kier molecular flexibility index (Phi) is 4.78. The first-order valence-electron chi connectivity index (χ1n) is 9.62. The van der Waals surface area contributed by atoms with E-state index in [9.17, 15) is 9.59 Å². The first kappa shape index (κ1) is 17.9. The van der Waals surface area contributed by atoms with Crippen molar-refractivity contribution >= 4 is 5.91 Å². The van der Waals surface area contributed by atoms with Gasteiger partial charge in [0, 0.05) is 38.3 Å². The van der Waals surface area contributed by atoms with Crippen molar-refractivity contribution in [3.05, 3.63) is 57.5 Å². The van der Waals surface area contributed by atoms with E-state index >= 15 is 0 Å². The smallest absolute Gasteiger partial charge is 0.273 e. The van der Waals surface area contributed by atoms with Crippen LogP contribution in [0, 0.1) is 0 Å². The zero-order valence-corrected chi connectivity index (χ0v) is 15.8. The van der Waals surface area contributed by atoms with Crippen molar-refractivity contribution in [2.45, 2.75) is 51.7 Å². The van der Waals surface area contributed by atoms with Crippen LogP contribution in [0.3, 0.4) is 0 Å². The largest absolute Gasteiger partial charge is 0.327 e. The molecule has 7 nitrogen and oxygen atoms in total. The number of amides is 1. The summed E-state index contributed by atoms with van der Waals surface area (Å²) in [6.07, 6.45) is 4.09. The molecule has 1 saturated heterocycles. The summed E-state index contributed by atoms with van der Waals surface area (Å²) in [6.45, 7) is 6.47. The average Bonchev–Trinajstić information content (AvgIpc) is 3.17. The van der Waals surface area contributed by atoms with Crippen molar-refractivity contribution in [1.29, 1.82) is 0 Å². The second-order valence-corrected chi connectivity index (χ2v) is 7.56. The molecule has 1 fully saturated rings. The molecule has 0 spiro atoms. The maximum Gasteiger partial charge on any atom is 0.273 e. The number of likely N-dealkylation sites (tertiary alicyclic amines) is 1. The summed E-state index contributed by atoms with van der Waals surface area (Å²) >= 11 is 0. The molecule has 0 bridgehead atoms. The predicted molar refractivity (Wildman–Crippen MR) is 101 cm³/mol. The molecule has 0 radical (unpaired) electrons. The first-order valence-corrected chi connectivity index (χ1v) is 9.62. The highest BCUT2D eigenvalue weighted by Crippen LogP contribution is 2.31. The van der Waals surface area contributed by atoms with E-state index in [-0.39, 0.29) is 17.5 Å². The van der Waals surface area contributed by atoms with Crippen LogP contribution < -0.4 is 5.56 Å². The molecule has 142 valence electrons. The van der Waals surface area contributed by atoms with Crippen molar-refractivity contribution in [3.8, 4) is 0 Å². The van der Waals surface area contributed by atoms with Gasteiger partial charge in [-0.3, -0.25) is 19.5 Å². The van der Waals surface area contributed by atoms with Crippen molar-refractivity contribution in [3.63, 3.8) is 0 Å². The van der Waals surface area contributed by atoms with Gasteiger partial charge in [-0.1, -0.05) is 6.07 Å². The van der Waals surface area contributed by atoms with Gasteiger partial charge in [0.25, 0.3) is 11.5 Å². The molecule has 7 heteroatoms. The number of pyridine rings is 1. The maximum atomic E-state index is 12.9. The molecule has 0 saturated carbocycles. The molecule has 0 aliphatic carbocycles.